The number of unbranched alkanes of at least 4 members (excludes halogenated alkanes) is 1. The quantitative estimate of drug-likeness (QED) is 0.886. The van der Waals surface area contributed by atoms with Gasteiger partial charge in [0, 0.05) is 36.7 Å². The number of nitrogens with one attached hydrogen (secondary N) is 1. The summed E-state index contributed by atoms with van der Waals surface area (Å²) in [6.07, 6.45) is 3.45. The fraction of sp³-hybridized carbons (Fsp3) is 0.600. The fourth-order valence-corrected chi connectivity index (χ4v) is 3.21. The van der Waals surface area contributed by atoms with E-state index in [1.54, 1.807) is 6.07 Å². The molecule has 1 heterocycles. The Morgan fingerprint density at radius 3 is 2.79 bits per heavy atom. The van der Waals surface area contributed by atoms with Crippen LogP contribution >= 0.6 is 15.9 Å². The maximum atomic E-state index is 13.5. The number of hydrogen-bond acceptors (Lipinski definition) is 2. The van der Waals surface area contributed by atoms with Crippen LogP contribution in [0.5, 0.6) is 0 Å². The summed E-state index contributed by atoms with van der Waals surface area (Å²) in [4.78, 5) is 2.48. The van der Waals surface area contributed by atoms with Crippen LogP contribution in [0.4, 0.5) is 4.39 Å². The van der Waals surface area contributed by atoms with E-state index < -0.39 is 0 Å². The highest BCUT2D eigenvalue weighted by Crippen LogP contribution is 2.32. The van der Waals surface area contributed by atoms with Gasteiger partial charge in [0.2, 0.25) is 0 Å². The van der Waals surface area contributed by atoms with Gasteiger partial charge in [-0.15, -0.1) is 0 Å². The van der Waals surface area contributed by atoms with Crippen LogP contribution in [0.3, 0.4) is 0 Å². The highest BCUT2D eigenvalue weighted by atomic mass is 79.9. The molecule has 0 radical (unpaired) electrons. The lowest BCUT2D eigenvalue weighted by Gasteiger charge is -2.35. The Balaban J connectivity index is 2.22. The smallest absolute Gasteiger partial charge is 0.123 e. The van der Waals surface area contributed by atoms with Gasteiger partial charge in [0.1, 0.15) is 5.82 Å². The molecule has 1 aliphatic heterocycles. The first-order valence-corrected chi connectivity index (χ1v) is 7.91. The molecule has 0 aliphatic carbocycles. The minimum atomic E-state index is -0.144. The molecule has 19 heavy (non-hydrogen) atoms. The molecule has 0 amide bonds. The molecule has 0 unspecified atom stereocenters. The van der Waals surface area contributed by atoms with Gasteiger partial charge in [0.05, 0.1) is 0 Å². The summed E-state index contributed by atoms with van der Waals surface area (Å²) >= 11 is 3.58. The zero-order valence-electron chi connectivity index (χ0n) is 11.5. The molecule has 0 saturated carbocycles. The van der Waals surface area contributed by atoms with Gasteiger partial charge in [-0.2, -0.15) is 0 Å². The molecule has 1 aliphatic rings. The number of piperazine rings is 1. The molecule has 1 N–H and O–H groups in total. The molecular formula is C15H22BrFN2. The maximum Gasteiger partial charge on any atom is 0.123 e. The molecule has 1 fully saturated rings. The fourth-order valence-electron chi connectivity index (χ4n) is 2.70. The molecule has 4 heteroatoms. The van der Waals surface area contributed by atoms with E-state index >= 15 is 0 Å². The molecule has 0 bridgehead atoms. The minimum Gasteiger partial charge on any atom is -0.314 e. The Morgan fingerprint density at radius 2 is 2.11 bits per heavy atom. The summed E-state index contributed by atoms with van der Waals surface area (Å²) in [7, 11) is 0. The summed E-state index contributed by atoms with van der Waals surface area (Å²) in [5.74, 6) is -0.144. The highest BCUT2D eigenvalue weighted by molar-refractivity contribution is 9.10. The van der Waals surface area contributed by atoms with Crippen molar-refractivity contribution >= 4 is 15.9 Å². The topological polar surface area (TPSA) is 15.3 Å². The number of halogens is 2. The summed E-state index contributed by atoms with van der Waals surface area (Å²) in [5, 5.41) is 3.38. The summed E-state index contributed by atoms with van der Waals surface area (Å²) < 4.78 is 14.6. The largest absolute Gasteiger partial charge is 0.314 e. The van der Waals surface area contributed by atoms with E-state index in [0.717, 1.165) is 42.6 Å². The van der Waals surface area contributed by atoms with Crippen molar-refractivity contribution in [2.24, 2.45) is 0 Å². The van der Waals surface area contributed by atoms with Crippen molar-refractivity contribution in [3.63, 3.8) is 0 Å². The lowest BCUT2D eigenvalue weighted by molar-refractivity contribution is 0.162. The van der Waals surface area contributed by atoms with Gasteiger partial charge in [-0.05, 0) is 30.2 Å². The van der Waals surface area contributed by atoms with Crippen molar-refractivity contribution < 1.29 is 4.39 Å². The van der Waals surface area contributed by atoms with Crippen LogP contribution in [0.25, 0.3) is 0 Å². The number of benzene rings is 1. The third kappa shape index (κ3) is 4.01. The first kappa shape index (κ1) is 14.9. The molecule has 0 aromatic heterocycles. The first-order chi connectivity index (χ1) is 9.22. The predicted molar refractivity (Wildman–Crippen MR) is 80.8 cm³/mol. The minimum absolute atomic E-state index is 0.144. The van der Waals surface area contributed by atoms with Gasteiger partial charge in [-0.25, -0.2) is 4.39 Å². The second-order valence-electron chi connectivity index (χ2n) is 5.11. The van der Waals surface area contributed by atoms with Crippen LogP contribution < -0.4 is 5.32 Å². The maximum absolute atomic E-state index is 13.5. The van der Waals surface area contributed by atoms with E-state index in [9.17, 15) is 4.39 Å². The molecule has 106 valence electrons. The molecule has 2 rings (SSSR count). The zero-order chi connectivity index (χ0) is 13.7. The average Bonchev–Trinajstić information content (AvgIpc) is 2.44. The van der Waals surface area contributed by atoms with E-state index in [4.69, 9.17) is 0 Å². The van der Waals surface area contributed by atoms with E-state index in [-0.39, 0.29) is 5.82 Å². The van der Waals surface area contributed by atoms with Gasteiger partial charge in [0.15, 0.2) is 0 Å². The molecule has 1 aromatic carbocycles. The van der Waals surface area contributed by atoms with Crippen LogP contribution in [0, 0.1) is 5.82 Å². The Hall–Kier alpha value is -0.450. The second-order valence-corrected chi connectivity index (χ2v) is 5.96. The number of hydrogen-bond donors (Lipinski definition) is 1. The lowest BCUT2D eigenvalue weighted by Crippen LogP contribution is -2.45. The molecule has 0 spiro atoms. The number of rotatable bonds is 5. The molecule has 1 atom stereocenters. The summed E-state index contributed by atoms with van der Waals surface area (Å²) in [5.41, 5.74) is 1.09. The Bertz CT molecular complexity index is 405. The zero-order valence-corrected chi connectivity index (χ0v) is 13.0. The predicted octanol–water partition coefficient (Wildman–Crippen LogP) is 3.72. The Kier molecular flexibility index (Phi) is 5.79. The Labute approximate surface area is 123 Å². The standard InChI is InChI=1S/C15H22BrFN2/c1-2-3-4-15(19-9-7-18-8-10-19)13-11-12(17)5-6-14(13)16/h5-6,11,15,18H,2-4,7-10H2,1H3/t15-/m0/s1. The van der Waals surface area contributed by atoms with Gasteiger partial charge in [-0.3, -0.25) is 4.90 Å². The van der Waals surface area contributed by atoms with Crippen LogP contribution in [0.2, 0.25) is 0 Å². The van der Waals surface area contributed by atoms with Crippen LogP contribution in [-0.4, -0.2) is 31.1 Å². The normalized spacial score (nSPS) is 18.5. The molecule has 2 nitrogen and oxygen atoms in total. The third-order valence-corrected chi connectivity index (χ3v) is 4.46. The van der Waals surface area contributed by atoms with Crippen molar-refractivity contribution in [2.75, 3.05) is 26.2 Å². The second kappa shape index (κ2) is 7.36. The van der Waals surface area contributed by atoms with Crippen molar-refractivity contribution in [1.82, 2.24) is 10.2 Å². The lowest BCUT2D eigenvalue weighted by atomic mass is 9.98. The van der Waals surface area contributed by atoms with Crippen molar-refractivity contribution in [3.8, 4) is 0 Å². The van der Waals surface area contributed by atoms with E-state index in [1.807, 2.05) is 6.07 Å². The van der Waals surface area contributed by atoms with Gasteiger partial charge >= 0.3 is 0 Å². The summed E-state index contributed by atoms with van der Waals surface area (Å²) in [6.45, 7) is 6.33. The van der Waals surface area contributed by atoms with Crippen molar-refractivity contribution in [2.45, 2.75) is 32.2 Å². The van der Waals surface area contributed by atoms with E-state index in [0.29, 0.717) is 6.04 Å². The third-order valence-electron chi connectivity index (χ3n) is 3.74. The Morgan fingerprint density at radius 1 is 1.37 bits per heavy atom. The van der Waals surface area contributed by atoms with Gasteiger partial charge < -0.3 is 5.32 Å². The van der Waals surface area contributed by atoms with Gasteiger partial charge in [-0.1, -0.05) is 35.7 Å². The van der Waals surface area contributed by atoms with Crippen molar-refractivity contribution in [3.05, 3.63) is 34.1 Å². The molecular weight excluding hydrogens is 307 g/mol. The first-order valence-electron chi connectivity index (χ1n) is 7.12. The van der Waals surface area contributed by atoms with Crippen LogP contribution in [0.1, 0.15) is 37.8 Å². The molecule has 1 saturated heterocycles. The van der Waals surface area contributed by atoms with Crippen LogP contribution in [-0.2, 0) is 0 Å². The van der Waals surface area contributed by atoms with Gasteiger partial charge in [0.25, 0.3) is 0 Å². The van der Waals surface area contributed by atoms with Crippen LogP contribution in [0.15, 0.2) is 22.7 Å². The summed E-state index contributed by atoms with van der Waals surface area (Å²) in [6, 6.07) is 5.35. The molecule has 1 aromatic rings. The number of nitrogens with zero attached hydrogens (tertiary/aromatic N) is 1. The SMILES string of the molecule is CCCC[C@@H](c1cc(F)ccc1Br)N1CCNCC1. The van der Waals surface area contributed by atoms with E-state index in [1.165, 1.54) is 18.9 Å². The average molecular weight is 329 g/mol. The monoisotopic (exact) mass is 328 g/mol. The highest BCUT2D eigenvalue weighted by Gasteiger charge is 2.23. The van der Waals surface area contributed by atoms with E-state index in [2.05, 4.69) is 33.1 Å². The van der Waals surface area contributed by atoms with Crippen molar-refractivity contribution in [1.29, 1.82) is 0 Å².